The van der Waals surface area contributed by atoms with Crippen molar-refractivity contribution in [2.75, 3.05) is 6.61 Å². The van der Waals surface area contributed by atoms with Crippen molar-refractivity contribution in [2.24, 2.45) is 0 Å². The van der Waals surface area contributed by atoms with Crippen LogP contribution in [0.15, 0.2) is 48.5 Å². The number of carbonyl (C=O) groups is 3. The molecule has 2 atom stereocenters. The number of carbonyl (C=O) groups excluding carboxylic acids is 3. The minimum absolute atomic E-state index is 0.00955. The van der Waals surface area contributed by atoms with Crippen LogP contribution in [0.1, 0.15) is 57.1 Å². The van der Waals surface area contributed by atoms with E-state index >= 15 is 0 Å². The largest absolute Gasteiger partial charge is 0.448 e. The maximum atomic E-state index is 13.2. The van der Waals surface area contributed by atoms with Crippen LogP contribution in [0.3, 0.4) is 0 Å². The Morgan fingerprint density at radius 3 is 2.12 bits per heavy atom. The zero-order valence-electron chi connectivity index (χ0n) is 19.1. The molecule has 0 spiro atoms. The molecule has 0 bridgehead atoms. The quantitative estimate of drug-likeness (QED) is 0.730. The highest BCUT2D eigenvalue weighted by Gasteiger charge is 2.43. The number of hydrogen-bond acceptors (Lipinski definition) is 6. The first-order chi connectivity index (χ1) is 15.7. The van der Waals surface area contributed by atoms with Crippen molar-refractivity contribution >= 4 is 18.0 Å². The molecule has 0 heterocycles. The number of Topliss-reactive ketones (excluding diaryl/α,β-unsaturated/α-hetero) is 1. The molecule has 1 N–H and O–H groups in total. The third-order valence-electron chi connectivity index (χ3n) is 6.05. The molecule has 1 fully saturated rings. The number of benzene rings is 2. The summed E-state index contributed by atoms with van der Waals surface area (Å²) in [6.07, 6.45) is -2.03. The molecule has 2 amide bonds. The van der Waals surface area contributed by atoms with Crippen molar-refractivity contribution in [3.05, 3.63) is 59.7 Å². The second kappa shape index (κ2) is 8.98. The predicted octanol–water partition coefficient (Wildman–Crippen LogP) is 4.66. The van der Waals surface area contributed by atoms with Crippen molar-refractivity contribution in [3.8, 4) is 11.1 Å². The Hall–Kier alpha value is -3.19. The van der Waals surface area contributed by atoms with Gasteiger partial charge in [-0.05, 0) is 62.3 Å². The number of ketones is 1. The Labute approximate surface area is 193 Å². The number of rotatable bonds is 3. The smallest absolute Gasteiger partial charge is 0.420 e. The molecule has 7 nitrogen and oxygen atoms in total. The van der Waals surface area contributed by atoms with E-state index < -0.39 is 35.7 Å². The summed E-state index contributed by atoms with van der Waals surface area (Å²) in [6, 6.07) is 14.8. The number of amides is 2. The molecule has 0 aromatic heterocycles. The van der Waals surface area contributed by atoms with Gasteiger partial charge in [0.1, 0.15) is 24.4 Å². The highest BCUT2D eigenvalue weighted by atomic mass is 16.6. The predicted molar refractivity (Wildman–Crippen MR) is 122 cm³/mol. The van der Waals surface area contributed by atoms with Gasteiger partial charge < -0.3 is 14.6 Å². The van der Waals surface area contributed by atoms with Gasteiger partial charge in [-0.1, -0.05) is 48.5 Å². The van der Waals surface area contributed by atoms with Crippen LogP contribution in [0.5, 0.6) is 0 Å². The molecule has 174 valence electrons. The van der Waals surface area contributed by atoms with E-state index in [1.54, 1.807) is 20.8 Å². The summed E-state index contributed by atoms with van der Waals surface area (Å²) >= 11 is 0. The van der Waals surface area contributed by atoms with Gasteiger partial charge in [0, 0.05) is 5.92 Å². The normalized spacial score (nSPS) is 20.1. The summed E-state index contributed by atoms with van der Waals surface area (Å²) in [6.45, 7) is 5.05. The first-order valence-corrected chi connectivity index (χ1v) is 11.3. The van der Waals surface area contributed by atoms with E-state index in [1.165, 1.54) is 0 Å². The Balaban J connectivity index is 1.57. The van der Waals surface area contributed by atoms with Crippen LogP contribution in [0.4, 0.5) is 9.59 Å². The average Bonchev–Trinajstić information content (AvgIpc) is 3.08. The molecule has 1 unspecified atom stereocenters. The summed E-state index contributed by atoms with van der Waals surface area (Å²) in [5.41, 5.74) is 3.39. The van der Waals surface area contributed by atoms with Gasteiger partial charge in [-0.3, -0.25) is 4.79 Å². The van der Waals surface area contributed by atoms with Crippen molar-refractivity contribution in [3.63, 3.8) is 0 Å². The minimum Gasteiger partial charge on any atom is -0.448 e. The molecule has 2 aliphatic rings. The number of aliphatic hydroxyl groups excluding tert-OH is 1. The lowest BCUT2D eigenvalue weighted by Crippen LogP contribution is -2.54. The second-order valence-corrected chi connectivity index (χ2v) is 9.52. The fourth-order valence-corrected chi connectivity index (χ4v) is 4.57. The number of aliphatic hydroxyl groups is 1. The third kappa shape index (κ3) is 4.64. The third-order valence-corrected chi connectivity index (χ3v) is 6.05. The fourth-order valence-electron chi connectivity index (χ4n) is 4.57. The number of imide groups is 1. The van der Waals surface area contributed by atoms with Gasteiger partial charge in [0.15, 0.2) is 5.78 Å². The van der Waals surface area contributed by atoms with Crippen LogP contribution in [-0.2, 0) is 14.3 Å². The standard InChI is InChI=1S/C26H29NO6/c1-26(2,3)33-25(31)27(21-13-8-14-22(28)23(21)29)24(30)32-15-20-18-11-6-4-9-16(18)17-10-5-7-12-19(17)20/h4-7,9-12,20-22,28H,8,13-15H2,1-3H3/t21-,22?/m0/s1. The zero-order chi connectivity index (χ0) is 23.8. The summed E-state index contributed by atoms with van der Waals surface area (Å²) in [5, 5.41) is 10.0. The molecular weight excluding hydrogens is 422 g/mol. The van der Waals surface area contributed by atoms with Crippen molar-refractivity contribution < 1.29 is 29.0 Å². The van der Waals surface area contributed by atoms with Gasteiger partial charge in [-0.2, -0.15) is 0 Å². The van der Waals surface area contributed by atoms with E-state index in [9.17, 15) is 19.5 Å². The second-order valence-electron chi connectivity index (χ2n) is 9.52. The molecule has 0 aliphatic heterocycles. The Kier molecular flexibility index (Phi) is 6.26. The first kappa shape index (κ1) is 23.0. The average molecular weight is 452 g/mol. The lowest BCUT2D eigenvalue weighted by molar-refractivity contribution is -0.135. The van der Waals surface area contributed by atoms with Gasteiger partial charge >= 0.3 is 12.2 Å². The van der Waals surface area contributed by atoms with Crippen molar-refractivity contribution in [1.29, 1.82) is 0 Å². The van der Waals surface area contributed by atoms with Gasteiger partial charge in [-0.15, -0.1) is 0 Å². The number of fused-ring (bicyclic) bond motifs is 3. The number of nitrogens with zero attached hydrogens (tertiary/aromatic N) is 1. The van der Waals surface area contributed by atoms with Crippen LogP contribution in [0.2, 0.25) is 0 Å². The minimum atomic E-state index is -1.21. The number of hydrogen-bond donors (Lipinski definition) is 1. The molecule has 0 saturated heterocycles. The van der Waals surface area contributed by atoms with Crippen LogP contribution in [0, 0.1) is 0 Å². The van der Waals surface area contributed by atoms with Gasteiger partial charge in [-0.25, -0.2) is 14.5 Å². The highest BCUT2D eigenvalue weighted by Crippen LogP contribution is 2.44. The van der Waals surface area contributed by atoms with E-state index in [1.807, 2.05) is 48.5 Å². The van der Waals surface area contributed by atoms with E-state index in [0.717, 1.165) is 27.2 Å². The zero-order valence-corrected chi connectivity index (χ0v) is 19.1. The molecule has 33 heavy (non-hydrogen) atoms. The van der Waals surface area contributed by atoms with Gasteiger partial charge in [0.05, 0.1) is 0 Å². The van der Waals surface area contributed by atoms with Crippen LogP contribution >= 0.6 is 0 Å². The first-order valence-electron chi connectivity index (χ1n) is 11.3. The Morgan fingerprint density at radius 2 is 1.55 bits per heavy atom. The molecule has 2 aliphatic carbocycles. The number of ether oxygens (including phenoxy) is 2. The summed E-state index contributed by atoms with van der Waals surface area (Å²) in [7, 11) is 0. The Morgan fingerprint density at radius 1 is 0.970 bits per heavy atom. The Bertz CT molecular complexity index is 1030. The molecule has 1 saturated carbocycles. The lowest BCUT2D eigenvalue weighted by Gasteiger charge is -2.34. The summed E-state index contributed by atoms with van der Waals surface area (Å²) in [5.74, 6) is -0.755. The summed E-state index contributed by atoms with van der Waals surface area (Å²) in [4.78, 5) is 39.4. The van der Waals surface area contributed by atoms with Crippen molar-refractivity contribution in [2.45, 2.75) is 63.7 Å². The maximum absolute atomic E-state index is 13.2. The van der Waals surface area contributed by atoms with E-state index in [4.69, 9.17) is 9.47 Å². The summed E-state index contributed by atoms with van der Waals surface area (Å²) < 4.78 is 11.0. The van der Waals surface area contributed by atoms with Crippen LogP contribution < -0.4 is 0 Å². The maximum Gasteiger partial charge on any atom is 0.420 e. The SMILES string of the molecule is CC(C)(C)OC(=O)N(C(=O)OCC1c2ccccc2-c2ccccc21)[C@H]1CCCC(O)C1=O. The molecule has 2 aromatic rings. The van der Waals surface area contributed by atoms with Crippen LogP contribution in [0.25, 0.3) is 11.1 Å². The lowest BCUT2D eigenvalue weighted by atomic mass is 9.91. The molecule has 2 aromatic carbocycles. The van der Waals surface area contributed by atoms with E-state index in [-0.39, 0.29) is 18.9 Å². The van der Waals surface area contributed by atoms with Crippen molar-refractivity contribution in [1.82, 2.24) is 4.90 Å². The van der Waals surface area contributed by atoms with Gasteiger partial charge in [0.25, 0.3) is 0 Å². The van der Waals surface area contributed by atoms with Gasteiger partial charge in [0.2, 0.25) is 0 Å². The monoisotopic (exact) mass is 451 g/mol. The van der Waals surface area contributed by atoms with Crippen LogP contribution in [-0.4, -0.2) is 52.3 Å². The molecule has 7 heteroatoms. The molecule has 4 rings (SSSR count). The topological polar surface area (TPSA) is 93.1 Å². The highest BCUT2D eigenvalue weighted by molar-refractivity contribution is 5.98. The van der Waals surface area contributed by atoms with E-state index in [2.05, 4.69) is 0 Å². The fraction of sp³-hybridized carbons (Fsp3) is 0.423. The molecular formula is C26H29NO6. The molecule has 0 radical (unpaired) electrons. The van der Waals surface area contributed by atoms with E-state index in [0.29, 0.717) is 12.8 Å².